The first kappa shape index (κ1) is 92.0. The molecule has 6 aromatic rings. The van der Waals surface area contributed by atoms with E-state index in [4.69, 9.17) is 89.5 Å². The molecule has 3 fully saturated rings. The average molecular weight is 1840 g/mol. The zero-order chi connectivity index (χ0) is 96.7. The molecule has 4 aliphatic rings. The van der Waals surface area contributed by atoms with Gasteiger partial charge >= 0.3 is 47.6 Å². The molecule has 690 valence electrons. The molecule has 0 spiro atoms. The quantitative estimate of drug-likeness (QED) is 0.00583. The molecule has 10 rings (SSSR count). The van der Waals surface area contributed by atoms with E-state index in [1.165, 1.54) is 90.1 Å². The number of nitrogen functional groups attached to an aromatic ring is 2. The molecule has 4 aliphatic heterocycles. The summed E-state index contributed by atoms with van der Waals surface area (Å²) < 4.78 is 264. The lowest BCUT2D eigenvalue weighted by molar-refractivity contribution is -0.206. The van der Waals surface area contributed by atoms with Crippen molar-refractivity contribution in [3.05, 3.63) is 98.0 Å². The van der Waals surface area contributed by atoms with Crippen LogP contribution in [-0.2, 0) is 93.3 Å². The van der Waals surface area contributed by atoms with Crippen LogP contribution in [0.5, 0.6) is 23.3 Å². The van der Waals surface area contributed by atoms with Crippen LogP contribution in [0.3, 0.4) is 0 Å². The summed E-state index contributed by atoms with van der Waals surface area (Å²) in [6.07, 6.45) is -15.7. The number of alkyl halides is 5. The molecule has 124 heavy (non-hydrogen) atoms. The number of imidazole rings is 2. The highest BCUT2D eigenvalue weighted by Crippen LogP contribution is 2.56. The van der Waals surface area contributed by atoms with Crippen LogP contribution in [-0.4, -0.2) is 237 Å². The predicted molar refractivity (Wildman–Crippen MR) is 421 cm³/mol. The van der Waals surface area contributed by atoms with Gasteiger partial charge in [0.05, 0.1) is 58.5 Å². The SMILES string of the molecule is C.[2H]C([2H])(OP(=O)(N[C@@H](C)C(=O)OC(C)C)Oc1ccccc1)[C@@]1(F)O[C@@H](N2C=CC(=O)NC2=C)[C@](C)(O)[C@@H]1O.[2H]C([2H])(OP(=O)(N[C@@H](C)C(=O)OC(C)C)Oc1ccccc1)[C@@]1(F)O[C@@H](n2cnc3c(OCC)nc(N)nc32)[C@](C)(F)[C@@H]1O.[2H]C([2H])(OP(=O)(OCOC(=O)OC(C)C)OCOC(=O)OC(C)C)[C@@]1(F)O[C@@H](n2cnc3c(OCC)nc(N)nc32)[C@](C)(F)[C@@H]1O. The molecule has 2 aromatic carbocycles. The molecule has 2 unspecified atom stereocenters. The Morgan fingerprint density at radius 3 is 1.31 bits per heavy atom. The van der Waals surface area contributed by atoms with E-state index >= 15 is 22.0 Å². The van der Waals surface area contributed by atoms with Crippen molar-refractivity contribution in [2.45, 2.75) is 219 Å². The number of aromatic nitrogens is 8. The first-order valence-corrected chi connectivity index (χ1v) is 41.5. The lowest BCUT2D eigenvalue weighted by atomic mass is 9.95. The van der Waals surface area contributed by atoms with Crippen molar-refractivity contribution in [1.29, 1.82) is 0 Å². The maximum atomic E-state index is 16.6. The predicted octanol–water partition coefficient (Wildman–Crippen LogP) is 8.82. The highest BCUT2D eigenvalue weighted by atomic mass is 31.2. The van der Waals surface area contributed by atoms with E-state index in [1.807, 2.05) is 0 Å². The Morgan fingerprint density at radius 1 is 0.581 bits per heavy atom. The summed E-state index contributed by atoms with van der Waals surface area (Å²) in [7, 11) is -15.6. The minimum absolute atomic E-state index is 0. The van der Waals surface area contributed by atoms with Gasteiger partial charge in [0.25, 0.3) is 23.5 Å². The lowest BCUT2D eigenvalue weighted by Crippen LogP contribution is -2.54. The number of fused-ring (bicyclic) bond motifs is 2. The highest BCUT2D eigenvalue weighted by Gasteiger charge is 2.68. The molecule has 0 saturated carbocycles. The van der Waals surface area contributed by atoms with E-state index in [2.05, 4.69) is 66.0 Å². The van der Waals surface area contributed by atoms with Crippen molar-refractivity contribution in [1.82, 2.24) is 59.4 Å². The van der Waals surface area contributed by atoms with Crippen LogP contribution in [0.4, 0.5) is 43.4 Å². The summed E-state index contributed by atoms with van der Waals surface area (Å²) in [5.41, 5.74) is 2.24. The topological polar surface area (TPSA) is 562 Å². The van der Waals surface area contributed by atoms with Gasteiger partial charge in [-0.2, -0.15) is 30.1 Å². The van der Waals surface area contributed by atoms with E-state index in [-0.39, 0.29) is 83.9 Å². The maximum absolute atomic E-state index is 16.6. The number of amides is 1. The van der Waals surface area contributed by atoms with Crippen LogP contribution in [0.25, 0.3) is 22.3 Å². The first-order valence-electron chi connectivity index (χ1n) is 39.9. The molecule has 11 N–H and O–H groups in total. The summed E-state index contributed by atoms with van der Waals surface area (Å²) in [6.45, 7) is 9.87. The van der Waals surface area contributed by atoms with Gasteiger partial charge in [-0.1, -0.05) is 50.4 Å². The minimum atomic E-state index is -5.49. The number of aliphatic hydroxyl groups excluding tert-OH is 3. The van der Waals surface area contributed by atoms with Gasteiger partial charge in [0, 0.05) is 12.3 Å². The number of phosphoric acid groups is 1. The Hall–Kier alpha value is -9.65. The number of hydrogen-bond donors (Lipinski definition) is 9. The van der Waals surface area contributed by atoms with Crippen molar-refractivity contribution in [2.75, 3.05) is 57.9 Å². The molecule has 8 heterocycles. The molecule has 0 radical (unpaired) electrons. The van der Waals surface area contributed by atoms with Gasteiger partial charge in [0.1, 0.15) is 60.8 Å². The third-order valence-electron chi connectivity index (χ3n) is 16.5. The number of benzene rings is 2. The Bertz CT molecular complexity index is 5140. The standard InChI is InChI=1S/C25H33F2N6O8P.C23H34F2N5O13P.C23H31FN3O9P.CH4/c1-6-37-19-17-18(30-23(28)31-19)33(13-29-17)22-24(5,26)21(35)25(27,40-22)12-38-42(36,41-16-10-8-7-9-11-16)32-15(4)20(34)39-14(2)3;1-7-35-16-14-15(28-19(26)29-16)30(9-27-14)18-22(6,24)17(31)23(25,43-18)8-38-44(34,39-10-36-20(32)41-12(2)3)40-11-37-21(33)42-13(4)5;1-14(2)34-19(29)15(3)26-37(32,36-17-9-7-6-8-10-17)33-13-23(24)20(30)22(5,31)21(35-23)27-12-11-18(28)25-16(27)4;/h7-11,13-15,21-22,35H,6,12H2,1-5H3,(H,32,36)(H2,28,30,31);9,12-13,17-18,31H,7-8,10-11H2,1-6H3,(H2,26,28,29);6-12,14-15,20-21,30-31H,4,13H2,1-3,5H3,(H,25,28)(H,26,32);1H4/t15-,21-,22+,24+,25+,42?;17-,18+,22+,23+;15-,20-,21+,22+,23+,37?;/m000./s1/i12D2;8D2;13D2;. The van der Waals surface area contributed by atoms with Crippen LogP contribution in [0.2, 0.25) is 0 Å². The van der Waals surface area contributed by atoms with Gasteiger partial charge in [0.15, 0.2) is 64.6 Å². The van der Waals surface area contributed by atoms with Crippen LogP contribution in [0.1, 0.15) is 132 Å². The van der Waals surface area contributed by atoms with Crippen LogP contribution < -0.4 is 45.5 Å². The fourth-order valence-electron chi connectivity index (χ4n) is 10.9. The van der Waals surface area contributed by atoms with Gasteiger partial charge < -0.3 is 103 Å². The summed E-state index contributed by atoms with van der Waals surface area (Å²) in [4.78, 5) is 84.5. The number of rotatable bonds is 36. The van der Waals surface area contributed by atoms with Crippen molar-refractivity contribution in [2.24, 2.45) is 0 Å². The number of nitrogens with two attached hydrogens (primary N) is 2. The minimum Gasteiger partial charge on any atom is -0.476 e. The number of esters is 2. The number of ether oxygens (including phenoxy) is 11. The lowest BCUT2D eigenvalue weighted by Gasteiger charge is -2.36. The monoisotopic (exact) mass is 1840 g/mol. The molecule has 16 atom stereocenters. The van der Waals surface area contributed by atoms with E-state index < -0.39 is 195 Å². The second-order valence-electron chi connectivity index (χ2n) is 28.1. The normalized spacial score (nSPS) is 27.3. The Kier molecular flexibility index (Phi) is 30.9. The van der Waals surface area contributed by atoms with Crippen LogP contribution in [0.15, 0.2) is 98.0 Å². The average Bonchev–Trinajstić information content (AvgIpc) is 1.56. The fourth-order valence-corrected chi connectivity index (χ4v) is 14.4. The number of hydrogen-bond acceptors (Lipinski definition) is 39. The van der Waals surface area contributed by atoms with Gasteiger partial charge in [0.2, 0.25) is 37.2 Å². The van der Waals surface area contributed by atoms with Gasteiger partial charge in [-0.25, -0.2) is 64.3 Å². The Balaban J connectivity index is 0.000000267. The molecule has 4 aromatic heterocycles. The first-order chi connectivity index (χ1) is 59.6. The van der Waals surface area contributed by atoms with Crippen LogP contribution in [0, 0.1) is 0 Å². The number of halogens is 5. The third-order valence-corrected chi connectivity index (χ3v) is 20.6. The molecule has 1 amide bonds. The highest BCUT2D eigenvalue weighted by molar-refractivity contribution is 7.52. The van der Waals surface area contributed by atoms with E-state index in [0.29, 0.717) is 6.92 Å². The third kappa shape index (κ3) is 25.1. The zero-order valence-electron chi connectivity index (χ0n) is 74.4. The van der Waals surface area contributed by atoms with E-state index in [9.17, 15) is 58.1 Å². The molecular formula is C72H102F5N14O30P3. The second kappa shape index (κ2) is 41.6. The van der Waals surface area contributed by atoms with Crippen molar-refractivity contribution in [3.8, 4) is 23.3 Å². The van der Waals surface area contributed by atoms with Crippen molar-refractivity contribution < 1.29 is 172 Å². The van der Waals surface area contributed by atoms with Crippen molar-refractivity contribution in [3.63, 3.8) is 0 Å². The summed E-state index contributed by atoms with van der Waals surface area (Å²) in [5, 5.41) is 50.0. The van der Waals surface area contributed by atoms with Gasteiger partial charge in [-0.05, 0) is 128 Å². The zero-order valence-corrected chi connectivity index (χ0v) is 71.0. The number of carbonyl (C=O) groups is 5. The van der Waals surface area contributed by atoms with E-state index in [1.54, 1.807) is 53.7 Å². The molecule has 0 aliphatic carbocycles. The summed E-state index contributed by atoms with van der Waals surface area (Å²) in [6, 6.07) is 11.8. The Labute approximate surface area is 715 Å². The van der Waals surface area contributed by atoms with Crippen LogP contribution >= 0.6 is 23.3 Å². The molecule has 44 nitrogen and oxygen atoms in total. The number of para-hydroxylation sites is 2. The number of phosphoric ester groups is 1. The molecule has 52 heteroatoms. The summed E-state index contributed by atoms with van der Waals surface area (Å²) in [5.74, 6) is -15.6. The second-order valence-corrected chi connectivity index (χ2v) is 33.0. The molecular weight excluding hydrogens is 1730 g/mol. The number of nitrogens with one attached hydrogen (secondary N) is 3. The maximum Gasteiger partial charge on any atom is 0.510 e. The van der Waals surface area contributed by atoms with Crippen molar-refractivity contribution >= 4 is 87.7 Å². The number of anilines is 2. The Morgan fingerprint density at radius 2 is 0.944 bits per heavy atom. The largest absolute Gasteiger partial charge is 0.510 e. The number of carbonyl (C=O) groups excluding carboxylic acids is 5. The fraction of sp³-hybridized carbons (Fsp3) is 0.569. The smallest absolute Gasteiger partial charge is 0.476 e. The van der Waals surface area contributed by atoms with E-state index in [0.717, 1.165) is 52.8 Å². The number of aliphatic hydroxyl groups is 4. The van der Waals surface area contributed by atoms with Gasteiger partial charge in [-0.15, -0.1) is 0 Å². The van der Waals surface area contributed by atoms with Gasteiger partial charge in [-0.3, -0.25) is 37.1 Å². The molecule has 3 saturated heterocycles. The molecule has 0 bridgehead atoms. The number of nitrogens with zero attached hydrogens (tertiary/aromatic N) is 9. The summed E-state index contributed by atoms with van der Waals surface area (Å²) >= 11 is 0.